The van der Waals surface area contributed by atoms with Gasteiger partial charge in [0, 0.05) is 18.3 Å². The zero-order valence-electron chi connectivity index (χ0n) is 14.5. The second kappa shape index (κ2) is 8.43. The van der Waals surface area contributed by atoms with Crippen molar-refractivity contribution in [3.63, 3.8) is 0 Å². The molecule has 2 amide bonds. The van der Waals surface area contributed by atoms with E-state index in [1.54, 1.807) is 0 Å². The van der Waals surface area contributed by atoms with Gasteiger partial charge in [-0.3, -0.25) is 9.59 Å². The number of methoxy groups -OCH3 is 1. The van der Waals surface area contributed by atoms with E-state index in [1.807, 2.05) is 0 Å². The van der Waals surface area contributed by atoms with E-state index >= 15 is 0 Å². The number of benzene rings is 2. The van der Waals surface area contributed by atoms with E-state index in [9.17, 15) is 22.8 Å². The Labute approximate surface area is 153 Å². The molecule has 27 heavy (non-hydrogen) atoms. The maximum absolute atomic E-state index is 12.7. The number of carbonyl (C=O) groups excluding carboxylic acids is 2. The van der Waals surface area contributed by atoms with E-state index in [0.717, 1.165) is 12.1 Å². The van der Waals surface area contributed by atoms with Crippen LogP contribution in [0, 0.1) is 0 Å². The van der Waals surface area contributed by atoms with Gasteiger partial charge in [-0.1, -0.05) is 6.07 Å². The van der Waals surface area contributed by atoms with Crippen LogP contribution >= 0.6 is 0 Å². The minimum absolute atomic E-state index is 0.00972. The Kier molecular flexibility index (Phi) is 6.27. The second-order valence-electron chi connectivity index (χ2n) is 5.36. The van der Waals surface area contributed by atoms with Crippen LogP contribution in [-0.2, 0) is 11.0 Å². The lowest BCUT2D eigenvalue weighted by Crippen LogP contribution is -2.21. The fourth-order valence-corrected chi connectivity index (χ4v) is 2.19. The molecule has 0 aliphatic rings. The Morgan fingerprint density at radius 3 is 2.44 bits per heavy atom. The highest BCUT2D eigenvalue weighted by atomic mass is 19.4. The van der Waals surface area contributed by atoms with Crippen molar-refractivity contribution in [2.45, 2.75) is 6.18 Å². The van der Waals surface area contributed by atoms with E-state index in [2.05, 4.69) is 10.6 Å². The van der Waals surface area contributed by atoms with Crippen LogP contribution in [0.3, 0.4) is 0 Å². The first kappa shape index (κ1) is 20.1. The Balaban J connectivity index is 2.06. The maximum Gasteiger partial charge on any atom is 0.416 e. The van der Waals surface area contributed by atoms with Gasteiger partial charge in [0.1, 0.15) is 0 Å². The number of ether oxygens (including phenoxy) is 2. The quantitative estimate of drug-likeness (QED) is 0.805. The highest BCUT2D eigenvalue weighted by Crippen LogP contribution is 2.31. The van der Waals surface area contributed by atoms with Crippen LogP contribution in [-0.4, -0.2) is 32.6 Å². The number of alkyl halides is 3. The largest absolute Gasteiger partial charge is 0.493 e. The summed E-state index contributed by atoms with van der Waals surface area (Å²) in [4.78, 5) is 23.7. The van der Waals surface area contributed by atoms with Crippen molar-refractivity contribution in [1.29, 1.82) is 0 Å². The van der Waals surface area contributed by atoms with Crippen LogP contribution in [0.15, 0.2) is 42.5 Å². The van der Waals surface area contributed by atoms with Crippen molar-refractivity contribution in [1.82, 2.24) is 5.32 Å². The predicted octanol–water partition coefficient (Wildman–Crippen LogP) is 3.09. The summed E-state index contributed by atoms with van der Waals surface area (Å²) in [5, 5.41) is 4.78. The highest BCUT2D eigenvalue weighted by molar-refractivity contribution is 5.95. The molecule has 9 heteroatoms. The molecule has 6 nitrogen and oxygen atoms in total. The number of carbonyl (C=O) groups is 2. The molecule has 2 N–H and O–H groups in total. The summed E-state index contributed by atoms with van der Waals surface area (Å²) in [6.45, 7) is -0.482. The Bertz CT molecular complexity index is 838. The second-order valence-corrected chi connectivity index (χ2v) is 5.36. The average Bonchev–Trinajstić information content (AvgIpc) is 2.65. The van der Waals surface area contributed by atoms with Crippen LogP contribution < -0.4 is 20.1 Å². The summed E-state index contributed by atoms with van der Waals surface area (Å²) in [7, 11) is 2.86. The number of hydrogen-bond acceptors (Lipinski definition) is 4. The molecule has 2 aromatic carbocycles. The van der Waals surface area contributed by atoms with Crippen molar-refractivity contribution in [2.75, 3.05) is 26.1 Å². The van der Waals surface area contributed by atoms with Gasteiger partial charge in [0.15, 0.2) is 18.1 Å². The fraction of sp³-hybridized carbons (Fsp3) is 0.222. The molecule has 0 aliphatic heterocycles. The number of nitrogens with one attached hydrogen (secondary N) is 2. The third kappa shape index (κ3) is 5.37. The molecule has 0 fully saturated rings. The molecule has 0 unspecified atom stereocenters. The highest BCUT2D eigenvalue weighted by Gasteiger charge is 2.30. The SMILES string of the molecule is CNC(=O)c1ccc(OC)c(OCC(=O)Nc2cccc(C(F)(F)F)c2)c1. The zero-order chi connectivity index (χ0) is 20.0. The van der Waals surface area contributed by atoms with E-state index in [0.29, 0.717) is 11.3 Å². The molecule has 0 saturated heterocycles. The van der Waals surface area contributed by atoms with Gasteiger partial charge in [0.05, 0.1) is 12.7 Å². The smallest absolute Gasteiger partial charge is 0.416 e. The van der Waals surface area contributed by atoms with Crippen LogP contribution in [0.1, 0.15) is 15.9 Å². The molecule has 144 valence electrons. The van der Waals surface area contributed by atoms with Gasteiger partial charge in [-0.05, 0) is 36.4 Å². The zero-order valence-corrected chi connectivity index (χ0v) is 14.5. The van der Waals surface area contributed by atoms with Crippen molar-refractivity contribution in [2.24, 2.45) is 0 Å². The Morgan fingerprint density at radius 1 is 1.07 bits per heavy atom. The van der Waals surface area contributed by atoms with Crippen molar-refractivity contribution < 1.29 is 32.2 Å². The lowest BCUT2D eigenvalue weighted by atomic mass is 10.2. The first-order valence-corrected chi connectivity index (χ1v) is 7.74. The standard InChI is InChI=1S/C18H17F3N2O4/c1-22-17(25)11-6-7-14(26-2)15(8-11)27-10-16(24)23-13-5-3-4-12(9-13)18(19,20)21/h3-9H,10H2,1-2H3,(H,22,25)(H,23,24). The van der Waals surface area contributed by atoms with Crippen molar-refractivity contribution in [3.8, 4) is 11.5 Å². The molecule has 0 radical (unpaired) electrons. The Hall–Kier alpha value is -3.23. The number of halogens is 3. The lowest BCUT2D eigenvalue weighted by molar-refractivity contribution is -0.137. The van der Waals surface area contributed by atoms with Crippen LogP contribution in [0.5, 0.6) is 11.5 Å². The summed E-state index contributed by atoms with van der Waals surface area (Å²) in [5.74, 6) is -0.565. The monoisotopic (exact) mass is 382 g/mol. The van der Waals surface area contributed by atoms with E-state index < -0.39 is 24.3 Å². The topological polar surface area (TPSA) is 76.7 Å². The summed E-state index contributed by atoms with van der Waals surface area (Å²) >= 11 is 0. The Morgan fingerprint density at radius 2 is 1.81 bits per heavy atom. The van der Waals surface area contributed by atoms with Gasteiger partial charge in [-0.2, -0.15) is 13.2 Å². The molecule has 0 aliphatic carbocycles. The lowest BCUT2D eigenvalue weighted by Gasteiger charge is -2.13. The van der Waals surface area contributed by atoms with E-state index in [4.69, 9.17) is 9.47 Å². The summed E-state index contributed by atoms with van der Waals surface area (Å²) in [6, 6.07) is 8.67. The number of rotatable bonds is 6. The maximum atomic E-state index is 12.7. The number of amides is 2. The number of hydrogen-bond donors (Lipinski definition) is 2. The van der Waals surface area contributed by atoms with Gasteiger partial charge >= 0.3 is 6.18 Å². The van der Waals surface area contributed by atoms with Crippen LogP contribution in [0.25, 0.3) is 0 Å². The molecular formula is C18H17F3N2O4. The molecule has 2 rings (SSSR count). The minimum Gasteiger partial charge on any atom is -0.493 e. The molecule has 0 spiro atoms. The molecule has 0 bridgehead atoms. The normalized spacial score (nSPS) is 10.9. The predicted molar refractivity (Wildman–Crippen MR) is 92.0 cm³/mol. The molecule has 2 aromatic rings. The van der Waals surface area contributed by atoms with Crippen molar-refractivity contribution >= 4 is 17.5 Å². The first-order valence-electron chi connectivity index (χ1n) is 7.74. The number of anilines is 1. The van der Waals surface area contributed by atoms with E-state index in [1.165, 1.54) is 44.5 Å². The molecule has 0 heterocycles. The van der Waals surface area contributed by atoms with Gasteiger partial charge in [0.2, 0.25) is 0 Å². The fourth-order valence-electron chi connectivity index (χ4n) is 2.19. The van der Waals surface area contributed by atoms with Gasteiger partial charge in [-0.25, -0.2) is 0 Å². The first-order chi connectivity index (χ1) is 12.7. The van der Waals surface area contributed by atoms with E-state index in [-0.39, 0.29) is 17.3 Å². The van der Waals surface area contributed by atoms with Gasteiger partial charge < -0.3 is 20.1 Å². The minimum atomic E-state index is -4.51. The third-order valence-corrected chi connectivity index (χ3v) is 3.49. The summed E-state index contributed by atoms with van der Waals surface area (Å²) in [5.41, 5.74) is -0.586. The molecular weight excluding hydrogens is 365 g/mol. The van der Waals surface area contributed by atoms with Crippen molar-refractivity contribution in [3.05, 3.63) is 53.6 Å². The van der Waals surface area contributed by atoms with Gasteiger partial charge in [-0.15, -0.1) is 0 Å². The molecule has 0 aromatic heterocycles. The summed E-state index contributed by atoms with van der Waals surface area (Å²) in [6.07, 6.45) is -4.51. The van der Waals surface area contributed by atoms with Crippen LogP contribution in [0.4, 0.5) is 18.9 Å². The third-order valence-electron chi connectivity index (χ3n) is 3.49. The van der Waals surface area contributed by atoms with Crippen LogP contribution in [0.2, 0.25) is 0 Å². The van der Waals surface area contributed by atoms with Gasteiger partial charge in [0.25, 0.3) is 11.8 Å². The molecule has 0 saturated carbocycles. The summed E-state index contributed by atoms with van der Waals surface area (Å²) < 4.78 is 48.6. The average molecular weight is 382 g/mol. The molecule has 0 atom stereocenters.